The van der Waals surface area contributed by atoms with Gasteiger partial charge in [-0.05, 0) is 55.5 Å². The van der Waals surface area contributed by atoms with Crippen LogP contribution in [-0.4, -0.2) is 26.0 Å². The van der Waals surface area contributed by atoms with Crippen LogP contribution >= 0.6 is 11.8 Å². The van der Waals surface area contributed by atoms with E-state index in [2.05, 4.69) is 15.5 Å². The van der Waals surface area contributed by atoms with Gasteiger partial charge in [-0.3, -0.25) is 4.79 Å². The Morgan fingerprint density at radius 1 is 1.07 bits per heavy atom. The number of thioether (sulfide) groups is 1. The summed E-state index contributed by atoms with van der Waals surface area (Å²) in [7, 11) is 0. The maximum Gasteiger partial charge on any atom is 0.237 e. The highest BCUT2D eigenvalue weighted by molar-refractivity contribution is 8.00. The molecule has 152 valence electrons. The molecule has 3 N–H and O–H groups in total. The predicted molar refractivity (Wildman–Crippen MR) is 115 cm³/mol. The third kappa shape index (κ3) is 4.47. The lowest BCUT2D eigenvalue weighted by Gasteiger charge is -2.12. The Morgan fingerprint density at radius 2 is 1.80 bits per heavy atom. The topological polar surface area (TPSA) is 108 Å². The molecule has 0 aliphatic heterocycles. The summed E-state index contributed by atoms with van der Waals surface area (Å²) in [6.07, 6.45) is 1.53. The maximum atomic E-state index is 12.6. The lowest BCUT2D eigenvalue weighted by molar-refractivity contribution is -0.115. The Hall–Kier alpha value is -3.72. The summed E-state index contributed by atoms with van der Waals surface area (Å²) in [5.74, 6) is 8.19. The molecule has 0 saturated heterocycles. The quantitative estimate of drug-likeness (QED) is 0.341. The number of hydrogen-bond acceptors (Lipinski definition) is 7. The maximum absolute atomic E-state index is 12.6. The third-order valence-corrected chi connectivity index (χ3v) is 5.22. The highest BCUT2D eigenvalue weighted by Crippen LogP contribution is 2.26. The average molecular weight is 421 g/mol. The molecule has 0 bridgehead atoms. The second-order valence-electron chi connectivity index (χ2n) is 6.34. The number of nitrogens with one attached hydrogen (secondary N) is 1. The van der Waals surface area contributed by atoms with Gasteiger partial charge in [0.25, 0.3) is 0 Å². The van der Waals surface area contributed by atoms with Crippen molar-refractivity contribution in [3.8, 4) is 23.1 Å². The van der Waals surface area contributed by atoms with Crippen molar-refractivity contribution in [2.45, 2.75) is 17.3 Å². The van der Waals surface area contributed by atoms with E-state index < -0.39 is 5.25 Å². The summed E-state index contributed by atoms with van der Waals surface area (Å²) in [5.41, 5.74) is 0.665. The van der Waals surface area contributed by atoms with E-state index in [0.717, 1.165) is 5.75 Å². The molecular formula is C21H19N5O3S. The van der Waals surface area contributed by atoms with Crippen LogP contribution in [0, 0.1) is 0 Å². The monoisotopic (exact) mass is 421 g/mol. The van der Waals surface area contributed by atoms with Gasteiger partial charge in [0.15, 0.2) is 5.76 Å². The molecule has 1 atom stereocenters. The number of carbonyl (C=O) groups excluding carboxylic acids is 1. The number of hydrogen-bond donors (Lipinski definition) is 2. The number of anilines is 1. The largest absolute Gasteiger partial charge is 0.461 e. The molecule has 8 nitrogen and oxygen atoms in total. The first kappa shape index (κ1) is 19.6. The molecule has 0 spiro atoms. The van der Waals surface area contributed by atoms with Crippen LogP contribution in [0.25, 0.3) is 11.6 Å². The van der Waals surface area contributed by atoms with Crippen LogP contribution in [0.5, 0.6) is 11.5 Å². The molecule has 9 heteroatoms. The first-order valence-electron chi connectivity index (χ1n) is 9.15. The van der Waals surface area contributed by atoms with Crippen LogP contribution in [0.1, 0.15) is 6.92 Å². The lowest BCUT2D eigenvalue weighted by atomic mass is 10.3. The van der Waals surface area contributed by atoms with Gasteiger partial charge in [-0.1, -0.05) is 30.0 Å². The van der Waals surface area contributed by atoms with Gasteiger partial charge in [-0.2, -0.15) is 0 Å². The minimum atomic E-state index is -0.443. The predicted octanol–water partition coefficient (Wildman–Crippen LogP) is 4.16. The zero-order valence-electron chi connectivity index (χ0n) is 16.1. The summed E-state index contributed by atoms with van der Waals surface area (Å²) >= 11 is 1.21. The Balaban J connectivity index is 1.36. The molecule has 4 aromatic rings. The van der Waals surface area contributed by atoms with E-state index in [9.17, 15) is 4.79 Å². The highest BCUT2D eigenvalue weighted by atomic mass is 32.2. The van der Waals surface area contributed by atoms with Crippen molar-refractivity contribution in [2.75, 3.05) is 11.2 Å². The van der Waals surface area contributed by atoms with Gasteiger partial charge in [0.2, 0.25) is 16.9 Å². The van der Waals surface area contributed by atoms with E-state index in [1.807, 2.05) is 30.3 Å². The molecule has 4 rings (SSSR count). The van der Waals surface area contributed by atoms with E-state index in [1.165, 1.54) is 22.7 Å². The number of ether oxygens (including phenoxy) is 1. The fourth-order valence-corrected chi connectivity index (χ4v) is 3.39. The first-order chi connectivity index (χ1) is 14.6. The molecule has 0 aliphatic carbocycles. The SMILES string of the molecule is CC(Sc1nnc(-c2ccco2)n1N)C(=O)Nc1ccc(Oc2ccccc2)cc1. The lowest BCUT2D eigenvalue weighted by Crippen LogP contribution is -2.23. The molecule has 1 unspecified atom stereocenters. The highest BCUT2D eigenvalue weighted by Gasteiger charge is 2.21. The van der Waals surface area contributed by atoms with Gasteiger partial charge in [-0.25, -0.2) is 4.68 Å². The third-order valence-electron chi connectivity index (χ3n) is 4.16. The zero-order chi connectivity index (χ0) is 20.9. The van der Waals surface area contributed by atoms with Gasteiger partial charge >= 0.3 is 0 Å². The molecule has 0 fully saturated rings. The number of amides is 1. The molecule has 1 amide bonds. The number of nitrogens with two attached hydrogens (primary N) is 1. The molecule has 2 heterocycles. The van der Waals surface area contributed by atoms with Crippen LogP contribution in [0.4, 0.5) is 5.69 Å². The van der Waals surface area contributed by atoms with Crippen molar-refractivity contribution in [2.24, 2.45) is 0 Å². The number of benzene rings is 2. The normalized spacial score (nSPS) is 11.8. The standard InChI is InChI=1S/C21H19N5O3S/c1-14(30-21-25-24-19(26(21)22)18-8-5-13-28-18)20(27)23-15-9-11-17(12-10-15)29-16-6-3-2-4-7-16/h2-14H,22H2,1H3,(H,23,27). The molecular weight excluding hydrogens is 402 g/mol. The summed E-state index contributed by atoms with van der Waals surface area (Å²) in [4.78, 5) is 12.6. The van der Waals surface area contributed by atoms with Crippen molar-refractivity contribution in [1.29, 1.82) is 0 Å². The van der Waals surface area contributed by atoms with Crippen LogP contribution < -0.4 is 15.9 Å². The van der Waals surface area contributed by atoms with Crippen LogP contribution in [0.2, 0.25) is 0 Å². The van der Waals surface area contributed by atoms with E-state index in [4.69, 9.17) is 15.0 Å². The number of para-hydroxylation sites is 1. The number of nitrogen functional groups attached to an aromatic ring is 1. The van der Waals surface area contributed by atoms with Crippen molar-refractivity contribution in [3.63, 3.8) is 0 Å². The fourth-order valence-electron chi connectivity index (χ4n) is 2.62. The van der Waals surface area contributed by atoms with E-state index in [0.29, 0.717) is 28.2 Å². The van der Waals surface area contributed by atoms with E-state index in [-0.39, 0.29) is 5.91 Å². The number of carbonyl (C=O) groups is 1. The number of nitrogens with zero attached hydrogens (tertiary/aromatic N) is 3. The minimum Gasteiger partial charge on any atom is -0.461 e. The Bertz CT molecular complexity index is 1110. The second kappa shape index (κ2) is 8.75. The van der Waals surface area contributed by atoms with Gasteiger partial charge in [0, 0.05) is 5.69 Å². The number of rotatable bonds is 7. The van der Waals surface area contributed by atoms with Crippen molar-refractivity contribution < 1.29 is 13.9 Å². The number of furan rings is 1. The molecule has 0 radical (unpaired) electrons. The smallest absolute Gasteiger partial charge is 0.237 e. The van der Waals surface area contributed by atoms with Gasteiger partial charge in [-0.15, -0.1) is 10.2 Å². The van der Waals surface area contributed by atoms with Gasteiger partial charge in [0.05, 0.1) is 11.5 Å². The average Bonchev–Trinajstić information content (AvgIpc) is 3.40. The van der Waals surface area contributed by atoms with Crippen LogP contribution in [0.15, 0.2) is 82.6 Å². The molecule has 30 heavy (non-hydrogen) atoms. The van der Waals surface area contributed by atoms with Crippen molar-refractivity contribution >= 4 is 23.4 Å². The first-order valence-corrected chi connectivity index (χ1v) is 10.0. The fraction of sp³-hybridized carbons (Fsp3) is 0.0952. The Kier molecular flexibility index (Phi) is 5.71. The summed E-state index contributed by atoms with van der Waals surface area (Å²) in [6, 6.07) is 20.1. The van der Waals surface area contributed by atoms with Crippen LogP contribution in [-0.2, 0) is 4.79 Å². The molecule has 2 aromatic carbocycles. The van der Waals surface area contributed by atoms with Crippen molar-refractivity contribution in [3.05, 3.63) is 73.0 Å². The van der Waals surface area contributed by atoms with Crippen LogP contribution in [0.3, 0.4) is 0 Å². The molecule has 0 aliphatic rings. The minimum absolute atomic E-state index is 0.181. The van der Waals surface area contributed by atoms with Gasteiger partial charge < -0.3 is 20.3 Å². The summed E-state index contributed by atoms with van der Waals surface area (Å²) < 4.78 is 12.4. The zero-order valence-corrected chi connectivity index (χ0v) is 16.9. The van der Waals surface area contributed by atoms with E-state index in [1.54, 1.807) is 43.3 Å². The molecule has 2 aromatic heterocycles. The second-order valence-corrected chi connectivity index (χ2v) is 7.65. The van der Waals surface area contributed by atoms with E-state index >= 15 is 0 Å². The van der Waals surface area contributed by atoms with Crippen molar-refractivity contribution in [1.82, 2.24) is 14.9 Å². The summed E-state index contributed by atoms with van der Waals surface area (Å²) in [5, 5.41) is 10.9. The number of aromatic nitrogens is 3. The summed E-state index contributed by atoms with van der Waals surface area (Å²) in [6.45, 7) is 1.77. The molecule has 0 saturated carbocycles. The Labute approximate surface area is 177 Å². The Morgan fingerprint density at radius 3 is 2.50 bits per heavy atom. The van der Waals surface area contributed by atoms with Gasteiger partial charge in [0.1, 0.15) is 11.5 Å².